The third-order valence-electron chi connectivity index (χ3n) is 3.49. The fourth-order valence-corrected chi connectivity index (χ4v) is 2.69. The van der Waals surface area contributed by atoms with E-state index < -0.39 is 5.82 Å². The van der Waals surface area contributed by atoms with Crippen molar-refractivity contribution < 1.29 is 9.18 Å². The van der Waals surface area contributed by atoms with Crippen LogP contribution in [0.25, 0.3) is 0 Å². The summed E-state index contributed by atoms with van der Waals surface area (Å²) in [5.74, 6) is -0.200. The first-order chi connectivity index (χ1) is 9.15. The molecule has 0 N–H and O–H groups in total. The molecule has 0 aliphatic heterocycles. The second-order valence-corrected chi connectivity index (χ2v) is 5.96. The van der Waals surface area contributed by atoms with Crippen LogP contribution in [-0.4, -0.2) is 29.3 Å². The molecule has 1 aliphatic carbocycles. The van der Waals surface area contributed by atoms with Gasteiger partial charge in [0.05, 0.1) is 10.0 Å². The second-order valence-electron chi connectivity index (χ2n) is 4.73. The van der Waals surface area contributed by atoms with Gasteiger partial charge in [-0.2, -0.15) is 0 Å². The van der Waals surface area contributed by atoms with E-state index in [0.29, 0.717) is 16.9 Å². The quantitative estimate of drug-likeness (QED) is 0.730. The summed E-state index contributed by atoms with van der Waals surface area (Å²) in [5.41, 5.74) is 0.135. The molecule has 5 heteroatoms. The van der Waals surface area contributed by atoms with Crippen LogP contribution < -0.4 is 0 Å². The van der Waals surface area contributed by atoms with Gasteiger partial charge in [-0.05, 0) is 53.7 Å². The normalized spacial score (nSPS) is 15.1. The van der Waals surface area contributed by atoms with Gasteiger partial charge in [0, 0.05) is 18.5 Å². The molecule has 1 saturated carbocycles. The summed E-state index contributed by atoms with van der Waals surface area (Å²) >= 11 is 8.82. The highest BCUT2D eigenvalue weighted by molar-refractivity contribution is 9.10. The van der Waals surface area contributed by atoms with E-state index in [1.165, 1.54) is 6.07 Å². The Balaban J connectivity index is 2.20. The Hall–Kier alpha value is -0.610. The molecule has 0 unspecified atom stereocenters. The summed E-state index contributed by atoms with van der Waals surface area (Å²) in [6.07, 6.45) is 3.88. The number of alkyl halides is 1. The number of halogens is 3. The highest BCUT2D eigenvalue weighted by atomic mass is 79.9. The van der Waals surface area contributed by atoms with E-state index in [1.807, 2.05) is 0 Å². The zero-order valence-corrected chi connectivity index (χ0v) is 12.9. The minimum absolute atomic E-state index is 0.135. The lowest BCUT2D eigenvalue weighted by Gasteiger charge is -2.37. The molecule has 0 atom stereocenters. The average Bonchev–Trinajstić information content (AvgIpc) is 2.34. The summed E-state index contributed by atoms with van der Waals surface area (Å²) in [6.45, 7) is 0.596. The van der Waals surface area contributed by atoms with E-state index >= 15 is 0 Å². The van der Waals surface area contributed by atoms with E-state index in [-0.39, 0.29) is 17.5 Å². The van der Waals surface area contributed by atoms with Crippen LogP contribution in [-0.2, 0) is 0 Å². The van der Waals surface area contributed by atoms with E-state index in [2.05, 4.69) is 15.9 Å². The molecular formula is C14H16BrClFNO. The fourth-order valence-electron chi connectivity index (χ4n) is 2.20. The zero-order valence-electron chi connectivity index (χ0n) is 10.5. The van der Waals surface area contributed by atoms with Gasteiger partial charge in [0.1, 0.15) is 5.82 Å². The molecule has 2 rings (SSSR count). The van der Waals surface area contributed by atoms with Gasteiger partial charge in [-0.3, -0.25) is 4.79 Å². The van der Waals surface area contributed by atoms with Crippen LogP contribution in [0.15, 0.2) is 22.7 Å². The summed E-state index contributed by atoms with van der Waals surface area (Å²) in [6, 6.07) is 5.06. The molecule has 1 aromatic rings. The summed E-state index contributed by atoms with van der Waals surface area (Å²) in [5, 5.41) is 0. The lowest BCUT2D eigenvalue weighted by Crippen LogP contribution is -2.45. The number of carbonyl (C=O) groups excluding carboxylic acids is 1. The molecule has 1 aliphatic rings. The number of hydrogen-bond acceptors (Lipinski definition) is 1. The molecule has 0 saturated heterocycles. The van der Waals surface area contributed by atoms with Crippen LogP contribution in [0.2, 0.25) is 0 Å². The van der Waals surface area contributed by atoms with Crippen LogP contribution in [0, 0.1) is 5.82 Å². The maximum atomic E-state index is 14.0. The molecule has 1 fully saturated rings. The molecule has 19 heavy (non-hydrogen) atoms. The van der Waals surface area contributed by atoms with Crippen molar-refractivity contribution in [2.45, 2.75) is 31.7 Å². The Morgan fingerprint density at radius 2 is 2.21 bits per heavy atom. The number of rotatable bonds is 5. The smallest absolute Gasteiger partial charge is 0.257 e. The predicted molar refractivity (Wildman–Crippen MR) is 78.1 cm³/mol. The Kier molecular flexibility index (Phi) is 5.22. The first-order valence-electron chi connectivity index (χ1n) is 6.46. The lowest BCUT2D eigenvalue weighted by atomic mass is 9.90. The molecule has 2 nitrogen and oxygen atoms in total. The van der Waals surface area contributed by atoms with E-state index in [0.717, 1.165) is 25.7 Å². The number of benzene rings is 1. The van der Waals surface area contributed by atoms with Crippen molar-refractivity contribution in [2.75, 3.05) is 12.4 Å². The van der Waals surface area contributed by atoms with Crippen LogP contribution >= 0.6 is 27.5 Å². The molecule has 0 spiro atoms. The SMILES string of the molecule is O=C(c1cccc(Br)c1F)N(CCCCl)C1CCC1. The van der Waals surface area contributed by atoms with Crippen molar-refractivity contribution in [3.63, 3.8) is 0 Å². The zero-order chi connectivity index (χ0) is 13.8. The molecular weight excluding hydrogens is 333 g/mol. The molecule has 1 amide bonds. The van der Waals surface area contributed by atoms with Crippen LogP contribution in [0.3, 0.4) is 0 Å². The van der Waals surface area contributed by atoms with Crippen molar-refractivity contribution in [3.05, 3.63) is 34.1 Å². The number of amides is 1. The first-order valence-corrected chi connectivity index (χ1v) is 7.79. The van der Waals surface area contributed by atoms with Crippen LogP contribution in [0.1, 0.15) is 36.0 Å². The highest BCUT2D eigenvalue weighted by Crippen LogP contribution is 2.28. The molecule has 0 bridgehead atoms. The monoisotopic (exact) mass is 347 g/mol. The molecule has 0 radical (unpaired) electrons. The number of carbonyl (C=O) groups is 1. The minimum Gasteiger partial charge on any atom is -0.336 e. The Labute approximate surface area is 126 Å². The Morgan fingerprint density at radius 1 is 1.47 bits per heavy atom. The Bertz CT molecular complexity index is 465. The van der Waals surface area contributed by atoms with Gasteiger partial charge in [0.2, 0.25) is 0 Å². The summed E-state index contributed by atoms with van der Waals surface area (Å²) in [7, 11) is 0. The van der Waals surface area contributed by atoms with E-state index in [9.17, 15) is 9.18 Å². The van der Waals surface area contributed by atoms with Crippen molar-refractivity contribution in [1.82, 2.24) is 4.90 Å². The summed E-state index contributed by atoms with van der Waals surface area (Å²) < 4.78 is 14.3. The molecule has 0 heterocycles. The van der Waals surface area contributed by atoms with Crippen molar-refractivity contribution in [1.29, 1.82) is 0 Å². The van der Waals surface area contributed by atoms with Gasteiger partial charge in [-0.1, -0.05) is 6.07 Å². The summed E-state index contributed by atoms with van der Waals surface area (Å²) in [4.78, 5) is 14.3. The largest absolute Gasteiger partial charge is 0.336 e. The van der Waals surface area contributed by atoms with Gasteiger partial charge in [0.15, 0.2) is 0 Å². The van der Waals surface area contributed by atoms with Gasteiger partial charge in [0.25, 0.3) is 5.91 Å². The van der Waals surface area contributed by atoms with Gasteiger partial charge in [-0.15, -0.1) is 11.6 Å². The van der Waals surface area contributed by atoms with Crippen molar-refractivity contribution in [3.8, 4) is 0 Å². The van der Waals surface area contributed by atoms with Crippen LogP contribution in [0.4, 0.5) is 4.39 Å². The maximum Gasteiger partial charge on any atom is 0.257 e. The molecule has 104 valence electrons. The highest BCUT2D eigenvalue weighted by Gasteiger charge is 2.30. The van der Waals surface area contributed by atoms with Gasteiger partial charge < -0.3 is 4.90 Å². The van der Waals surface area contributed by atoms with Gasteiger partial charge >= 0.3 is 0 Å². The Morgan fingerprint density at radius 3 is 2.79 bits per heavy atom. The molecule has 0 aromatic heterocycles. The van der Waals surface area contributed by atoms with Crippen molar-refractivity contribution in [2.24, 2.45) is 0 Å². The third kappa shape index (κ3) is 3.29. The maximum absolute atomic E-state index is 14.0. The van der Waals surface area contributed by atoms with Crippen LogP contribution in [0.5, 0.6) is 0 Å². The fraction of sp³-hybridized carbons (Fsp3) is 0.500. The number of nitrogens with zero attached hydrogens (tertiary/aromatic N) is 1. The molecule has 1 aromatic carbocycles. The van der Waals surface area contributed by atoms with E-state index in [1.54, 1.807) is 17.0 Å². The second kappa shape index (κ2) is 6.71. The lowest BCUT2D eigenvalue weighted by molar-refractivity contribution is 0.0576. The topological polar surface area (TPSA) is 20.3 Å². The standard InChI is InChI=1S/C14H16BrClFNO/c15-12-7-2-6-11(13(12)17)14(19)18(9-3-8-16)10-4-1-5-10/h2,6-7,10H,1,3-5,8-9H2. The average molecular weight is 349 g/mol. The van der Waals surface area contributed by atoms with E-state index in [4.69, 9.17) is 11.6 Å². The predicted octanol–water partition coefficient (Wildman–Crippen LogP) is 4.21. The third-order valence-corrected chi connectivity index (χ3v) is 4.37. The van der Waals surface area contributed by atoms with Gasteiger partial charge in [-0.25, -0.2) is 4.39 Å². The van der Waals surface area contributed by atoms with Crippen molar-refractivity contribution >= 4 is 33.4 Å². The number of hydrogen-bond donors (Lipinski definition) is 0. The minimum atomic E-state index is -0.484. The first kappa shape index (κ1) is 14.8.